The SMILES string of the molecule is CN=C(NCCNC(=O)c1ccccc1Cl)N(C)Cc1ccc(OC(F)F)cc1.I. The van der Waals surface area contributed by atoms with Crippen molar-refractivity contribution in [3.63, 3.8) is 0 Å². The lowest BCUT2D eigenvalue weighted by Crippen LogP contribution is -2.42. The number of hydrogen-bond donors (Lipinski definition) is 2. The fourth-order valence-electron chi connectivity index (χ4n) is 2.60. The third-order valence-electron chi connectivity index (χ3n) is 3.95. The fourth-order valence-corrected chi connectivity index (χ4v) is 2.82. The van der Waals surface area contributed by atoms with E-state index in [1.165, 1.54) is 12.1 Å². The van der Waals surface area contributed by atoms with Crippen LogP contribution in [0.2, 0.25) is 5.02 Å². The zero-order valence-corrected chi connectivity index (χ0v) is 19.7. The number of aliphatic imine (C=N–C) groups is 1. The zero-order chi connectivity index (χ0) is 21.2. The van der Waals surface area contributed by atoms with E-state index in [2.05, 4.69) is 20.4 Å². The Hall–Kier alpha value is -2.14. The summed E-state index contributed by atoms with van der Waals surface area (Å²) in [6, 6.07) is 13.3. The van der Waals surface area contributed by atoms with Crippen LogP contribution in [0.1, 0.15) is 15.9 Å². The molecule has 0 atom stereocenters. The van der Waals surface area contributed by atoms with Gasteiger partial charge < -0.3 is 20.3 Å². The van der Waals surface area contributed by atoms with E-state index in [9.17, 15) is 13.6 Å². The Morgan fingerprint density at radius 2 is 1.77 bits per heavy atom. The van der Waals surface area contributed by atoms with Crippen molar-refractivity contribution in [1.29, 1.82) is 0 Å². The Morgan fingerprint density at radius 1 is 1.13 bits per heavy atom. The number of alkyl halides is 2. The summed E-state index contributed by atoms with van der Waals surface area (Å²) in [4.78, 5) is 18.2. The van der Waals surface area contributed by atoms with Gasteiger partial charge in [-0.25, -0.2) is 0 Å². The lowest BCUT2D eigenvalue weighted by atomic mass is 10.2. The average molecular weight is 553 g/mol. The summed E-state index contributed by atoms with van der Waals surface area (Å²) in [7, 11) is 3.50. The topological polar surface area (TPSA) is 66.0 Å². The predicted octanol–water partition coefficient (Wildman–Crippen LogP) is 4.00. The van der Waals surface area contributed by atoms with Gasteiger partial charge in [-0.15, -0.1) is 24.0 Å². The maximum absolute atomic E-state index is 12.2. The molecule has 0 saturated carbocycles. The van der Waals surface area contributed by atoms with E-state index in [0.29, 0.717) is 36.2 Å². The number of guanidine groups is 1. The van der Waals surface area contributed by atoms with Crippen molar-refractivity contribution in [2.75, 3.05) is 27.2 Å². The van der Waals surface area contributed by atoms with Crippen molar-refractivity contribution in [2.45, 2.75) is 13.2 Å². The lowest BCUT2D eigenvalue weighted by Gasteiger charge is -2.22. The Morgan fingerprint density at radius 3 is 2.37 bits per heavy atom. The Labute approximate surface area is 196 Å². The summed E-state index contributed by atoms with van der Waals surface area (Å²) in [5.41, 5.74) is 1.33. The first-order valence-electron chi connectivity index (χ1n) is 8.89. The molecule has 1 amide bonds. The normalized spacial score (nSPS) is 10.9. The maximum Gasteiger partial charge on any atom is 0.387 e. The number of hydrogen-bond acceptors (Lipinski definition) is 3. The Kier molecular flexibility index (Phi) is 11.4. The minimum Gasteiger partial charge on any atom is -0.435 e. The standard InChI is InChI=1S/C20H23ClF2N4O2.HI/c1-24-20(26-12-11-25-18(28)16-5-3-4-6-17(16)21)27(2)13-14-7-9-15(10-8-14)29-19(22)23;/h3-10,19H,11-13H2,1-2H3,(H,24,26)(H,25,28);1H. The van der Waals surface area contributed by atoms with E-state index in [0.717, 1.165) is 5.56 Å². The molecule has 2 N–H and O–H groups in total. The van der Waals surface area contributed by atoms with Crippen LogP contribution in [0.25, 0.3) is 0 Å². The molecule has 2 aromatic rings. The van der Waals surface area contributed by atoms with Crippen LogP contribution in [0.15, 0.2) is 53.5 Å². The van der Waals surface area contributed by atoms with Crippen LogP contribution in [0.5, 0.6) is 5.75 Å². The van der Waals surface area contributed by atoms with Gasteiger partial charge in [0, 0.05) is 33.7 Å². The number of ether oxygens (including phenoxy) is 1. The minimum atomic E-state index is -2.84. The molecule has 0 radical (unpaired) electrons. The molecule has 0 heterocycles. The van der Waals surface area contributed by atoms with Gasteiger partial charge in [0.05, 0.1) is 10.6 Å². The molecular weight excluding hydrogens is 529 g/mol. The number of amides is 1. The molecule has 30 heavy (non-hydrogen) atoms. The molecule has 6 nitrogen and oxygen atoms in total. The van der Waals surface area contributed by atoms with Crippen LogP contribution in [-0.4, -0.2) is 50.6 Å². The lowest BCUT2D eigenvalue weighted by molar-refractivity contribution is -0.0498. The highest BCUT2D eigenvalue weighted by Crippen LogP contribution is 2.16. The van der Waals surface area contributed by atoms with Crippen LogP contribution >= 0.6 is 35.6 Å². The van der Waals surface area contributed by atoms with Crippen LogP contribution in [0, 0.1) is 0 Å². The number of halogens is 4. The van der Waals surface area contributed by atoms with Gasteiger partial charge in [0.15, 0.2) is 5.96 Å². The van der Waals surface area contributed by atoms with Crippen molar-refractivity contribution in [3.8, 4) is 5.75 Å². The highest BCUT2D eigenvalue weighted by atomic mass is 127. The van der Waals surface area contributed by atoms with Crippen molar-refractivity contribution in [1.82, 2.24) is 15.5 Å². The summed E-state index contributed by atoms with van der Waals surface area (Å²) < 4.78 is 28.8. The van der Waals surface area contributed by atoms with Crippen molar-refractivity contribution < 1.29 is 18.3 Å². The van der Waals surface area contributed by atoms with E-state index in [4.69, 9.17) is 11.6 Å². The Balaban J connectivity index is 0.00000450. The first-order chi connectivity index (χ1) is 13.9. The third kappa shape index (κ3) is 8.31. The average Bonchev–Trinajstić information content (AvgIpc) is 2.69. The smallest absolute Gasteiger partial charge is 0.387 e. The number of carbonyl (C=O) groups is 1. The van der Waals surface area contributed by atoms with Crippen LogP contribution in [0.3, 0.4) is 0 Å². The molecular formula is C20H24ClF2IN4O2. The van der Waals surface area contributed by atoms with Gasteiger partial charge in [-0.1, -0.05) is 35.9 Å². The summed E-state index contributed by atoms with van der Waals surface area (Å²) in [6.07, 6.45) is 0. The zero-order valence-electron chi connectivity index (χ0n) is 16.6. The molecule has 164 valence electrons. The molecule has 0 aromatic heterocycles. The summed E-state index contributed by atoms with van der Waals surface area (Å²) in [5, 5.41) is 6.35. The first kappa shape index (κ1) is 25.9. The number of benzene rings is 2. The molecule has 0 bridgehead atoms. The molecule has 2 rings (SSSR count). The van der Waals surface area contributed by atoms with Crippen molar-refractivity contribution >= 4 is 47.4 Å². The largest absolute Gasteiger partial charge is 0.435 e. The number of nitrogens with one attached hydrogen (secondary N) is 2. The highest BCUT2D eigenvalue weighted by molar-refractivity contribution is 14.0. The molecule has 0 aliphatic carbocycles. The van der Waals surface area contributed by atoms with Gasteiger partial charge in [0.1, 0.15) is 5.75 Å². The third-order valence-corrected chi connectivity index (χ3v) is 4.28. The first-order valence-corrected chi connectivity index (χ1v) is 9.26. The molecule has 0 spiro atoms. The van der Waals surface area contributed by atoms with Crippen molar-refractivity contribution in [2.24, 2.45) is 4.99 Å². The summed E-state index contributed by atoms with van der Waals surface area (Å²) in [5.74, 6) is 0.500. The van der Waals surface area contributed by atoms with E-state index in [-0.39, 0.29) is 35.6 Å². The van der Waals surface area contributed by atoms with Gasteiger partial charge in [-0.2, -0.15) is 8.78 Å². The monoisotopic (exact) mass is 552 g/mol. The van der Waals surface area contributed by atoms with E-state index >= 15 is 0 Å². The molecule has 0 unspecified atom stereocenters. The minimum absolute atomic E-state index is 0. The number of carbonyl (C=O) groups excluding carboxylic acids is 1. The molecule has 0 saturated heterocycles. The summed E-state index contributed by atoms with van der Waals surface area (Å²) >= 11 is 6.01. The van der Waals surface area contributed by atoms with E-state index in [1.54, 1.807) is 43.4 Å². The van der Waals surface area contributed by atoms with Gasteiger partial charge in [-0.3, -0.25) is 9.79 Å². The molecule has 0 fully saturated rings. The second-order valence-corrected chi connectivity index (χ2v) is 6.50. The molecule has 10 heteroatoms. The highest BCUT2D eigenvalue weighted by Gasteiger charge is 2.10. The van der Waals surface area contributed by atoms with Crippen LogP contribution < -0.4 is 15.4 Å². The fraction of sp³-hybridized carbons (Fsp3) is 0.300. The van der Waals surface area contributed by atoms with E-state index < -0.39 is 6.61 Å². The predicted molar refractivity (Wildman–Crippen MR) is 125 cm³/mol. The molecule has 0 aliphatic heterocycles. The van der Waals surface area contributed by atoms with Crippen molar-refractivity contribution in [3.05, 3.63) is 64.7 Å². The number of nitrogens with zero attached hydrogens (tertiary/aromatic N) is 2. The Bertz CT molecular complexity index is 838. The van der Waals surface area contributed by atoms with Crippen LogP contribution in [0.4, 0.5) is 8.78 Å². The molecule has 0 aliphatic rings. The van der Waals surface area contributed by atoms with E-state index in [1.807, 2.05) is 11.9 Å². The second-order valence-electron chi connectivity index (χ2n) is 6.09. The van der Waals surface area contributed by atoms with Gasteiger partial charge in [-0.05, 0) is 29.8 Å². The van der Waals surface area contributed by atoms with Crippen LogP contribution in [-0.2, 0) is 6.54 Å². The molecule has 2 aromatic carbocycles. The maximum atomic E-state index is 12.2. The number of rotatable bonds is 8. The van der Waals surface area contributed by atoms with Gasteiger partial charge in [0.25, 0.3) is 5.91 Å². The second kappa shape index (κ2) is 13.2. The quantitative estimate of drug-likeness (QED) is 0.225. The summed E-state index contributed by atoms with van der Waals surface area (Å²) in [6.45, 7) is -1.48. The van der Waals surface area contributed by atoms with Gasteiger partial charge in [0.2, 0.25) is 0 Å². The van der Waals surface area contributed by atoms with Gasteiger partial charge >= 0.3 is 6.61 Å².